The molecule has 4 aromatic carbocycles. The molecule has 300 valence electrons. The molecule has 2 unspecified atom stereocenters. The molecule has 0 fully saturated rings. The minimum atomic E-state index is -4.46. The quantitative estimate of drug-likeness (QED) is 0.0644. The van der Waals surface area contributed by atoms with Crippen molar-refractivity contribution >= 4 is 32.9 Å². The smallest absolute Gasteiger partial charge is 0.294 e. The zero-order valence-electron chi connectivity index (χ0n) is 29.2. The zero-order chi connectivity index (χ0) is 35.2. The Morgan fingerprint density at radius 1 is 0.655 bits per heavy atom. The summed E-state index contributed by atoms with van der Waals surface area (Å²) in [5.74, 6) is 0.696. The van der Waals surface area contributed by atoms with Gasteiger partial charge in [-0.1, -0.05) is 136 Å². The maximum atomic E-state index is 14.4. The van der Waals surface area contributed by atoms with Crippen molar-refractivity contribution in [1.82, 2.24) is 0 Å². The van der Waals surface area contributed by atoms with Gasteiger partial charge < -0.3 is 4.52 Å². The van der Waals surface area contributed by atoms with Crippen LogP contribution in [-0.2, 0) is 103 Å². The maximum absolute atomic E-state index is 14.4. The molecule has 0 aliphatic carbocycles. The summed E-state index contributed by atoms with van der Waals surface area (Å²) in [6.07, 6.45) is 9.17. The van der Waals surface area contributed by atoms with Gasteiger partial charge in [0.2, 0.25) is 0 Å². The SMILES string of the molecule is C.C.C.C.CCC(CCCCCCCCCc1ccc(Cc2ccc(C)c(S(=O)(=O)O)c2)cc1S(=O)(=O)O)P1(=O)Oc2ccccc2-c2ccccc21.[Y].[Y]. The van der Waals surface area contributed by atoms with Crippen molar-refractivity contribution in [1.29, 1.82) is 0 Å². The molecule has 55 heavy (non-hydrogen) atoms. The van der Waals surface area contributed by atoms with Crippen LogP contribution in [0.1, 0.15) is 117 Å². The molecule has 2 atom stereocenters. The maximum Gasteiger partial charge on any atom is 0.294 e. The second-order valence-corrected chi connectivity index (χ2v) is 18.3. The van der Waals surface area contributed by atoms with Gasteiger partial charge in [-0.05, 0) is 91.1 Å². The summed E-state index contributed by atoms with van der Waals surface area (Å²) in [5, 5.41) is 0.827. The van der Waals surface area contributed by atoms with Gasteiger partial charge in [0.25, 0.3) is 27.6 Å². The van der Waals surface area contributed by atoms with Gasteiger partial charge in [0, 0.05) is 71.0 Å². The molecule has 13 heteroatoms. The second kappa shape index (κ2) is 24.8. The van der Waals surface area contributed by atoms with Gasteiger partial charge >= 0.3 is 0 Å². The van der Waals surface area contributed by atoms with Crippen molar-refractivity contribution < 1.29 is 100 Å². The summed E-state index contributed by atoms with van der Waals surface area (Å²) in [4.78, 5) is -0.324. The van der Waals surface area contributed by atoms with Crippen molar-refractivity contribution in [3.05, 3.63) is 107 Å². The first-order chi connectivity index (χ1) is 23.3. The van der Waals surface area contributed by atoms with Crippen molar-refractivity contribution in [2.75, 3.05) is 0 Å². The van der Waals surface area contributed by atoms with E-state index in [1.165, 1.54) is 12.1 Å². The molecule has 8 nitrogen and oxygen atoms in total. The third-order valence-corrected chi connectivity index (χ3v) is 14.5. The normalized spacial score (nSPS) is 14.6. The Morgan fingerprint density at radius 2 is 1.16 bits per heavy atom. The topological polar surface area (TPSA) is 135 Å². The Labute approximate surface area is 383 Å². The fourth-order valence-corrected chi connectivity index (χ4v) is 11.3. The number of hydrogen-bond donors (Lipinski definition) is 2. The number of rotatable bonds is 16. The molecular weight excluding hydrogens is 905 g/mol. The Bertz CT molecular complexity index is 2070. The van der Waals surface area contributed by atoms with Crippen LogP contribution in [0.3, 0.4) is 0 Å². The zero-order valence-corrected chi connectivity index (χ0v) is 37.4. The molecule has 2 radical (unpaired) electrons. The number of para-hydroxylation sites is 1. The average Bonchev–Trinajstić information content (AvgIpc) is 3.06. The molecule has 0 saturated heterocycles. The molecule has 0 bridgehead atoms. The van der Waals surface area contributed by atoms with E-state index in [2.05, 4.69) is 6.92 Å². The number of hydrogen-bond acceptors (Lipinski definition) is 6. The van der Waals surface area contributed by atoms with E-state index in [1.54, 1.807) is 31.2 Å². The van der Waals surface area contributed by atoms with E-state index in [9.17, 15) is 30.5 Å². The van der Waals surface area contributed by atoms with Gasteiger partial charge in [0.15, 0.2) is 0 Å². The van der Waals surface area contributed by atoms with Crippen LogP contribution in [-0.4, -0.2) is 31.6 Å². The second-order valence-electron chi connectivity index (χ2n) is 12.9. The van der Waals surface area contributed by atoms with Crippen LogP contribution in [0.2, 0.25) is 0 Å². The van der Waals surface area contributed by atoms with E-state index in [4.69, 9.17) is 4.52 Å². The molecule has 1 aliphatic heterocycles. The predicted octanol–water partition coefficient (Wildman–Crippen LogP) is 11.7. The van der Waals surface area contributed by atoms with Crippen molar-refractivity contribution in [3.8, 4) is 16.9 Å². The van der Waals surface area contributed by atoms with Gasteiger partial charge in [-0.15, -0.1) is 0 Å². The largest absolute Gasteiger partial charge is 0.439 e. The average molecular weight is 967 g/mol. The first-order valence-corrected chi connectivity index (χ1v) is 21.5. The molecule has 2 N–H and O–H groups in total. The number of unbranched alkanes of at least 4 members (excludes halogenated alkanes) is 6. The third-order valence-electron chi connectivity index (χ3n) is 9.43. The van der Waals surface area contributed by atoms with Crippen LogP contribution < -0.4 is 9.83 Å². The summed E-state index contributed by atoms with van der Waals surface area (Å²) in [7, 11) is -11.9. The van der Waals surface area contributed by atoms with Gasteiger partial charge in [-0.2, -0.15) is 16.8 Å². The monoisotopic (exact) mass is 966 g/mol. The predicted molar refractivity (Wildman–Crippen MR) is 221 cm³/mol. The van der Waals surface area contributed by atoms with E-state index >= 15 is 0 Å². The number of aryl methyl sites for hydroxylation is 2. The Hall–Kier alpha value is -1.06. The van der Waals surface area contributed by atoms with Crippen molar-refractivity contribution in [2.45, 2.75) is 130 Å². The molecule has 0 saturated carbocycles. The van der Waals surface area contributed by atoms with E-state index < -0.39 is 27.6 Å². The molecule has 0 amide bonds. The molecule has 4 aromatic rings. The fraction of sp³-hybridized carbons (Fsp3) is 0.429. The Kier molecular flexibility index (Phi) is 25.2. The summed E-state index contributed by atoms with van der Waals surface area (Å²) in [6.45, 7) is 3.67. The van der Waals surface area contributed by atoms with Crippen LogP contribution >= 0.6 is 7.37 Å². The van der Waals surface area contributed by atoms with E-state index in [1.807, 2.05) is 48.5 Å². The van der Waals surface area contributed by atoms with Crippen molar-refractivity contribution in [2.24, 2.45) is 0 Å². The molecular formula is C42H61O8PS2Y2. The third kappa shape index (κ3) is 14.3. The number of fused-ring (bicyclic) bond motifs is 3. The first-order valence-electron chi connectivity index (χ1n) is 17.0. The molecule has 0 aromatic heterocycles. The minimum absolute atomic E-state index is 0. The van der Waals surface area contributed by atoms with Crippen LogP contribution in [0.4, 0.5) is 0 Å². The standard InChI is InChI=1S/C38H45O8PS2.4CH4.2Y/c1-3-32(47(39)36-20-14-12-18-34(36)33-17-11-13-19-35(33)46-47)16-10-8-6-4-5-7-9-15-31-24-23-30(27-38(31)49(43,44)45)25-29-22-21-28(2)37(26-29)48(40,41)42;;;;;;/h11-14,17-24,26-27,32H,3-10,15-16,25H2,1-2H3,(H,40,41,42)(H,43,44,45);4*1H4;;. The molecule has 5 rings (SSSR count). The number of benzene rings is 4. The summed E-state index contributed by atoms with van der Waals surface area (Å²) >= 11 is 0. The Balaban J connectivity index is 0. The van der Waals surface area contributed by atoms with Gasteiger partial charge in [-0.3, -0.25) is 13.7 Å². The van der Waals surface area contributed by atoms with Crippen LogP contribution in [0, 0.1) is 6.92 Å². The van der Waals surface area contributed by atoms with E-state index in [0.717, 1.165) is 74.2 Å². The minimum Gasteiger partial charge on any atom is -0.439 e. The summed E-state index contributed by atoms with van der Waals surface area (Å²) < 4.78 is 88.1. The first kappa shape index (κ1) is 56.0. The summed E-state index contributed by atoms with van der Waals surface area (Å²) in [5.41, 5.74) is 4.09. The van der Waals surface area contributed by atoms with E-state index in [0.29, 0.717) is 34.4 Å². The van der Waals surface area contributed by atoms with Crippen LogP contribution in [0.5, 0.6) is 5.75 Å². The van der Waals surface area contributed by atoms with Gasteiger partial charge in [0.1, 0.15) is 5.75 Å². The molecule has 1 aliphatic rings. The molecule has 0 spiro atoms. The summed E-state index contributed by atoms with van der Waals surface area (Å²) in [6, 6.07) is 25.3. The van der Waals surface area contributed by atoms with Gasteiger partial charge in [0.05, 0.1) is 20.8 Å². The van der Waals surface area contributed by atoms with Crippen molar-refractivity contribution in [3.63, 3.8) is 0 Å². The van der Waals surface area contributed by atoms with Crippen LogP contribution in [0.25, 0.3) is 11.1 Å². The molecule has 1 heterocycles. The van der Waals surface area contributed by atoms with Crippen LogP contribution in [0.15, 0.2) is 94.7 Å². The Morgan fingerprint density at radius 3 is 1.76 bits per heavy atom. The van der Waals surface area contributed by atoms with E-state index in [-0.39, 0.29) is 117 Å². The fourth-order valence-electron chi connectivity index (χ4n) is 6.83. The van der Waals surface area contributed by atoms with Gasteiger partial charge in [-0.25, -0.2) is 0 Å².